The maximum atomic E-state index is 2.54. The first-order valence-electron chi connectivity index (χ1n) is 7.87. The fourth-order valence-corrected chi connectivity index (χ4v) is 3.73. The molecule has 0 fully saturated rings. The highest BCUT2D eigenvalue weighted by Crippen LogP contribution is 2.44. The van der Waals surface area contributed by atoms with E-state index in [1.54, 1.807) is 11.1 Å². The van der Waals surface area contributed by atoms with Gasteiger partial charge in [0.25, 0.3) is 0 Å². The first kappa shape index (κ1) is 12.6. The van der Waals surface area contributed by atoms with Crippen molar-refractivity contribution in [3.05, 3.63) is 95.1 Å². The average Bonchev–Trinajstić information content (AvgIpc) is 3.09. The van der Waals surface area contributed by atoms with Crippen LogP contribution in [0.5, 0.6) is 0 Å². The molecule has 0 radical (unpaired) electrons. The largest absolute Gasteiger partial charge is 0.0772 e. The smallest absolute Gasteiger partial charge is 0.000804 e. The summed E-state index contributed by atoms with van der Waals surface area (Å²) in [5.74, 6) is 1.38. The van der Waals surface area contributed by atoms with Gasteiger partial charge in [-0.05, 0) is 42.2 Å². The van der Waals surface area contributed by atoms with Crippen LogP contribution in [0.4, 0.5) is 0 Å². The van der Waals surface area contributed by atoms with E-state index in [9.17, 15) is 0 Å². The third kappa shape index (κ3) is 2.58. The Hall–Kier alpha value is -2.08. The van der Waals surface area contributed by atoms with E-state index >= 15 is 0 Å². The Kier molecular flexibility index (Phi) is 3.23. The van der Waals surface area contributed by atoms with E-state index in [0.717, 1.165) is 12.8 Å². The van der Waals surface area contributed by atoms with Gasteiger partial charge in [0, 0.05) is 0 Å². The highest BCUT2D eigenvalue weighted by Gasteiger charge is 2.33. The molecule has 2 aromatic carbocycles. The molecule has 0 heteroatoms. The molecule has 0 N–H and O–H groups in total. The molecule has 4 rings (SSSR count). The molecule has 0 aromatic heterocycles. The highest BCUT2D eigenvalue weighted by molar-refractivity contribution is 5.40. The molecule has 0 aliphatic heterocycles. The molecule has 0 heterocycles. The van der Waals surface area contributed by atoms with Crippen molar-refractivity contribution >= 4 is 0 Å². The molecule has 0 spiro atoms. The summed E-state index contributed by atoms with van der Waals surface area (Å²) in [5.41, 5.74) is 6.13. The van der Waals surface area contributed by atoms with Gasteiger partial charge in [0.2, 0.25) is 0 Å². The number of hydrogen-bond donors (Lipinski definition) is 0. The third-order valence-electron chi connectivity index (χ3n) is 4.79. The standard InChI is InChI=1S/C21H20/c1-3-7-16(8-4-1)11-18-13-21-15-20(18)14-19(21)12-17-9-5-2-6-10-17/h1-10,13-14,20-21H,11-12,15H2/t20-,21-/m1/s1. The van der Waals surface area contributed by atoms with Crippen molar-refractivity contribution in [1.82, 2.24) is 0 Å². The first-order valence-corrected chi connectivity index (χ1v) is 7.87. The Balaban J connectivity index is 1.46. The van der Waals surface area contributed by atoms with Crippen molar-refractivity contribution in [3.8, 4) is 0 Å². The van der Waals surface area contributed by atoms with Gasteiger partial charge < -0.3 is 0 Å². The molecule has 2 aliphatic rings. The van der Waals surface area contributed by atoms with Crippen molar-refractivity contribution in [3.63, 3.8) is 0 Å². The summed E-state index contributed by atoms with van der Waals surface area (Å²) >= 11 is 0. The molecule has 0 saturated carbocycles. The zero-order valence-corrected chi connectivity index (χ0v) is 12.2. The summed E-state index contributed by atoms with van der Waals surface area (Å²) in [5, 5.41) is 0. The maximum Gasteiger partial charge on any atom is -0.000804 e. The van der Waals surface area contributed by atoms with Crippen LogP contribution in [0.25, 0.3) is 0 Å². The van der Waals surface area contributed by atoms with Crippen molar-refractivity contribution in [2.75, 3.05) is 0 Å². The first-order chi connectivity index (χ1) is 10.4. The van der Waals surface area contributed by atoms with Crippen molar-refractivity contribution in [1.29, 1.82) is 0 Å². The summed E-state index contributed by atoms with van der Waals surface area (Å²) in [4.78, 5) is 0. The van der Waals surface area contributed by atoms with Gasteiger partial charge in [0.15, 0.2) is 0 Å². The maximum absolute atomic E-state index is 2.54. The summed E-state index contributed by atoms with van der Waals surface area (Å²) in [6.45, 7) is 0. The molecule has 104 valence electrons. The van der Waals surface area contributed by atoms with Gasteiger partial charge in [-0.2, -0.15) is 0 Å². The predicted octanol–water partition coefficient (Wildman–Crippen LogP) is 4.97. The molecule has 0 unspecified atom stereocenters. The van der Waals surface area contributed by atoms with Crippen LogP contribution in [0.3, 0.4) is 0 Å². The van der Waals surface area contributed by atoms with Gasteiger partial charge in [0.05, 0.1) is 0 Å². The lowest BCUT2D eigenvalue weighted by Crippen LogP contribution is -2.01. The Labute approximate surface area is 126 Å². The zero-order valence-electron chi connectivity index (χ0n) is 12.2. The fraction of sp³-hybridized carbons (Fsp3) is 0.238. The third-order valence-corrected chi connectivity index (χ3v) is 4.79. The van der Waals surface area contributed by atoms with Crippen LogP contribution in [0.2, 0.25) is 0 Å². The van der Waals surface area contributed by atoms with Gasteiger partial charge in [-0.1, -0.05) is 84.0 Å². The van der Waals surface area contributed by atoms with Crippen LogP contribution < -0.4 is 0 Å². The number of hydrogen-bond acceptors (Lipinski definition) is 0. The molecular weight excluding hydrogens is 252 g/mol. The molecule has 2 bridgehead atoms. The normalized spacial score (nSPS) is 23.0. The van der Waals surface area contributed by atoms with Gasteiger partial charge in [-0.3, -0.25) is 0 Å². The van der Waals surface area contributed by atoms with E-state index in [0.29, 0.717) is 11.8 Å². The van der Waals surface area contributed by atoms with Gasteiger partial charge in [0.1, 0.15) is 0 Å². The van der Waals surface area contributed by atoms with Crippen LogP contribution in [-0.4, -0.2) is 0 Å². The number of allylic oxidation sites excluding steroid dienone is 4. The number of benzene rings is 2. The number of fused-ring (bicyclic) bond motifs is 2. The van der Waals surface area contributed by atoms with E-state index < -0.39 is 0 Å². The van der Waals surface area contributed by atoms with E-state index in [4.69, 9.17) is 0 Å². The second-order valence-electron chi connectivity index (χ2n) is 6.26. The van der Waals surface area contributed by atoms with Gasteiger partial charge >= 0.3 is 0 Å². The molecule has 0 amide bonds. The molecule has 0 nitrogen and oxygen atoms in total. The summed E-state index contributed by atoms with van der Waals surface area (Å²) in [6.07, 6.45) is 8.63. The van der Waals surface area contributed by atoms with Crippen LogP contribution in [0, 0.1) is 11.8 Å². The quantitative estimate of drug-likeness (QED) is 0.689. The topological polar surface area (TPSA) is 0 Å². The van der Waals surface area contributed by atoms with Crippen LogP contribution in [-0.2, 0) is 12.8 Å². The van der Waals surface area contributed by atoms with Crippen LogP contribution >= 0.6 is 0 Å². The van der Waals surface area contributed by atoms with Crippen LogP contribution in [0.1, 0.15) is 17.5 Å². The highest BCUT2D eigenvalue weighted by atomic mass is 14.4. The van der Waals surface area contributed by atoms with Crippen molar-refractivity contribution in [2.45, 2.75) is 19.3 Å². The number of rotatable bonds is 4. The zero-order chi connectivity index (χ0) is 14.1. The Morgan fingerprint density at radius 2 is 1.05 bits per heavy atom. The lowest BCUT2D eigenvalue weighted by atomic mass is 9.91. The predicted molar refractivity (Wildman–Crippen MR) is 88.1 cm³/mol. The van der Waals surface area contributed by atoms with Crippen LogP contribution in [0.15, 0.2) is 84.0 Å². The lowest BCUT2D eigenvalue weighted by Gasteiger charge is -2.14. The summed E-state index contributed by atoms with van der Waals surface area (Å²) < 4.78 is 0. The van der Waals surface area contributed by atoms with Crippen molar-refractivity contribution in [2.24, 2.45) is 11.8 Å². The SMILES string of the molecule is C1=C(Cc2ccccc2)[C@@H]2C=C(Cc3ccccc3)[C@H]1C2. The second-order valence-corrected chi connectivity index (χ2v) is 6.26. The Morgan fingerprint density at radius 1 is 0.619 bits per heavy atom. The minimum Gasteiger partial charge on any atom is -0.0772 e. The van der Waals surface area contributed by atoms with E-state index in [1.165, 1.54) is 17.5 Å². The summed E-state index contributed by atoms with van der Waals surface area (Å²) in [6, 6.07) is 21.7. The minimum absolute atomic E-state index is 0.689. The minimum atomic E-state index is 0.689. The lowest BCUT2D eigenvalue weighted by molar-refractivity contribution is 0.686. The molecule has 21 heavy (non-hydrogen) atoms. The molecular formula is C21H20. The average molecular weight is 272 g/mol. The Morgan fingerprint density at radius 3 is 1.43 bits per heavy atom. The monoisotopic (exact) mass is 272 g/mol. The fourth-order valence-electron chi connectivity index (χ4n) is 3.73. The van der Waals surface area contributed by atoms with E-state index in [1.807, 2.05) is 0 Å². The van der Waals surface area contributed by atoms with E-state index in [-0.39, 0.29) is 0 Å². The van der Waals surface area contributed by atoms with E-state index in [2.05, 4.69) is 72.8 Å². The molecule has 0 saturated heterocycles. The van der Waals surface area contributed by atoms with Crippen molar-refractivity contribution < 1.29 is 0 Å². The molecule has 2 atom stereocenters. The second kappa shape index (κ2) is 5.37. The molecule has 2 aliphatic carbocycles. The molecule has 2 aromatic rings. The summed E-state index contributed by atoms with van der Waals surface area (Å²) in [7, 11) is 0. The van der Waals surface area contributed by atoms with Gasteiger partial charge in [-0.15, -0.1) is 0 Å². The van der Waals surface area contributed by atoms with Gasteiger partial charge in [-0.25, -0.2) is 0 Å². The Bertz CT molecular complexity index is 615.